The van der Waals surface area contributed by atoms with Crippen LogP contribution in [0.15, 0.2) is 12.2 Å². The van der Waals surface area contributed by atoms with E-state index in [1.165, 1.54) is 334 Å². The van der Waals surface area contributed by atoms with Gasteiger partial charge < -0.3 is 14.2 Å². The van der Waals surface area contributed by atoms with Gasteiger partial charge >= 0.3 is 17.9 Å². The lowest BCUT2D eigenvalue weighted by molar-refractivity contribution is -0.167. The molecule has 0 heterocycles. The summed E-state index contributed by atoms with van der Waals surface area (Å²) >= 11 is 0. The molecule has 0 saturated heterocycles. The largest absolute Gasteiger partial charge is 0.462 e. The highest BCUT2D eigenvalue weighted by atomic mass is 16.6. The van der Waals surface area contributed by atoms with Gasteiger partial charge in [-0.3, -0.25) is 14.4 Å². The molecule has 0 aromatic rings. The molecular weight excluding hydrogens is 997 g/mol. The zero-order chi connectivity index (χ0) is 58.5. The third-order valence-electron chi connectivity index (χ3n) is 17.3. The summed E-state index contributed by atoms with van der Waals surface area (Å²) in [4.78, 5) is 38.1. The number of hydrogen-bond donors (Lipinski definition) is 0. The number of rotatable bonds is 70. The number of carbonyl (C=O) groups is 3. The second-order valence-electron chi connectivity index (χ2n) is 25.6. The van der Waals surface area contributed by atoms with Gasteiger partial charge in [-0.05, 0) is 44.9 Å². The van der Waals surface area contributed by atoms with Crippen molar-refractivity contribution in [1.29, 1.82) is 0 Å². The average Bonchev–Trinajstić information content (AvgIpc) is 3.47. The van der Waals surface area contributed by atoms with E-state index in [-0.39, 0.29) is 31.1 Å². The van der Waals surface area contributed by atoms with Gasteiger partial charge in [-0.1, -0.05) is 380 Å². The predicted molar refractivity (Wildman–Crippen MR) is 353 cm³/mol. The summed E-state index contributed by atoms with van der Waals surface area (Å²) in [6, 6.07) is 0. The predicted octanol–water partition coefficient (Wildman–Crippen LogP) is 25.6. The van der Waals surface area contributed by atoms with E-state index in [2.05, 4.69) is 32.9 Å². The molecule has 0 bridgehead atoms. The summed E-state index contributed by atoms with van der Waals surface area (Å²) < 4.78 is 16.9. The minimum Gasteiger partial charge on any atom is -0.462 e. The van der Waals surface area contributed by atoms with Crippen LogP contribution < -0.4 is 0 Å². The van der Waals surface area contributed by atoms with Gasteiger partial charge in [-0.25, -0.2) is 0 Å². The zero-order valence-electron chi connectivity index (χ0n) is 55.4. The molecule has 1 unspecified atom stereocenters. The van der Waals surface area contributed by atoms with Crippen molar-refractivity contribution in [3.05, 3.63) is 12.2 Å². The lowest BCUT2D eigenvalue weighted by atomic mass is 10.0. The highest BCUT2D eigenvalue weighted by Gasteiger charge is 2.20. The summed E-state index contributed by atoms with van der Waals surface area (Å²) in [5, 5.41) is 0. The molecule has 0 aliphatic rings. The molecule has 480 valence electrons. The molecule has 81 heavy (non-hydrogen) atoms. The molecule has 0 aliphatic carbocycles. The van der Waals surface area contributed by atoms with Crippen molar-refractivity contribution in [3.63, 3.8) is 0 Å². The van der Waals surface area contributed by atoms with Crippen LogP contribution >= 0.6 is 0 Å². The molecule has 6 heteroatoms. The molecule has 0 aromatic carbocycles. The second-order valence-corrected chi connectivity index (χ2v) is 25.6. The Kier molecular flexibility index (Phi) is 69.0. The van der Waals surface area contributed by atoms with Crippen LogP contribution in [0.4, 0.5) is 0 Å². The van der Waals surface area contributed by atoms with E-state index in [9.17, 15) is 14.4 Å². The van der Waals surface area contributed by atoms with Crippen LogP contribution in [0, 0.1) is 0 Å². The van der Waals surface area contributed by atoms with Crippen LogP contribution in [-0.2, 0) is 28.6 Å². The molecule has 0 saturated carbocycles. The Morgan fingerprint density at radius 1 is 0.235 bits per heavy atom. The van der Waals surface area contributed by atoms with E-state index in [1.807, 2.05) is 0 Å². The van der Waals surface area contributed by atoms with Crippen molar-refractivity contribution < 1.29 is 28.6 Å². The van der Waals surface area contributed by atoms with Crippen molar-refractivity contribution in [2.24, 2.45) is 0 Å². The fraction of sp³-hybridized carbons (Fsp3) is 0.933. The van der Waals surface area contributed by atoms with Crippen LogP contribution in [0.2, 0.25) is 0 Å². The van der Waals surface area contributed by atoms with Gasteiger partial charge in [0.25, 0.3) is 0 Å². The van der Waals surface area contributed by atoms with Crippen molar-refractivity contribution in [2.45, 2.75) is 438 Å². The summed E-state index contributed by atoms with van der Waals surface area (Å²) in [5.41, 5.74) is 0. The van der Waals surface area contributed by atoms with Gasteiger partial charge in [0.1, 0.15) is 13.2 Å². The van der Waals surface area contributed by atoms with Gasteiger partial charge in [-0.2, -0.15) is 0 Å². The molecular formula is C75H144O6. The number of hydrogen-bond acceptors (Lipinski definition) is 6. The molecule has 0 radical (unpaired) electrons. The molecule has 0 fully saturated rings. The molecule has 6 nitrogen and oxygen atoms in total. The van der Waals surface area contributed by atoms with Gasteiger partial charge in [0.15, 0.2) is 6.10 Å². The Labute approximate surface area is 507 Å². The van der Waals surface area contributed by atoms with E-state index in [4.69, 9.17) is 14.2 Å². The first-order valence-electron chi connectivity index (χ1n) is 37.2. The summed E-state index contributed by atoms with van der Waals surface area (Å²) in [6.07, 6.45) is 86.0. The Bertz CT molecular complexity index is 1260. The first kappa shape index (κ1) is 79.2. The maximum absolute atomic E-state index is 12.9. The smallest absolute Gasteiger partial charge is 0.306 e. The zero-order valence-corrected chi connectivity index (χ0v) is 55.4. The fourth-order valence-corrected chi connectivity index (χ4v) is 11.7. The molecule has 0 rings (SSSR count). The number of unbranched alkanes of at least 4 members (excludes halogenated alkanes) is 57. The standard InChI is InChI=1S/C75H144O6/c1-4-7-10-13-16-18-20-22-24-26-28-30-32-33-34-35-36-37-38-39-40-41-42-44-45-47-49-51-53-55-57-59-62-65-68-74(77)80-71-72(70-79-73(76)67-64-61-15-12-9-6-3)81-75(78)69-66-63-60-58-56-54-52-50-48-46-43-31-29-27-25-23-21-19-17-14-11-8-5-2/h27,29,72H,4-26,28,30-71H2,1-3H3/b29-27-. The van der Waals surface area contributed by atoms with Crippen LogP contribution in [-0.4, -0.2) is 37.2 Å². The number of ether oxygens (including phenoxy) is 3. The monoisotopic (exact) mass is 1140 g/mol. The van der Waals surface area contributed by atoms with Gasteiger partial charge in [0.2, 0.25) is 0 Å². The lowest BCUT2D eigenvalue weighted by Gasteiger charge is -2.18. The average molecular weight is 1140 g/mol. The van der Waals surface area contributed by atoms with E-state index < -0.39 is 6.10 Å². The van der Waals surface area contributed by atoms with Gasteiger partial charge in [-0.15, -0.1) is 0 Å². The maximum atomic E-state index is 12.9. The first-order valence-corrected chi connectivity index (χ1v) is 37.2. The van der Waals surface area contributed by atoms with Crippen molar-refractivity contribution in [3.8, 4) is 0 Å². The second kappa shape index (κ2) is 70.6. The number of allylic oxidation sites excluding steroid dienone is 2. The first-order chi connectivity index (χ1) is 40.0. The van der Waals surface area contributed by atoms with E-state index in [0.29, 0.717) is 19.3 Å². The van der Waals surface area contributed by atoms with Crippen molar-refractivity contribution in [1.82, 2.24) is 0 Å². The third-order valence-corrected chi connectivity index (χ3v) is 17.3. The fourth-order valence-electron chi connectivity index (χ4n) is 11.7. The summed E-state index contributed by atoms with van der Waals surface area (Å²) in [5.74, 6) is -0.845. The maximum Gasteiger partial charge on any atom is 0.306 e. The normalized spacial score (nSPS) is 12.0. The number of carbonyl (C=O) groups excluding carboxylic acids is 3. The molecule has 0 N–H and O–H groups in total. The summed E-state index contributed by atoms with van der Waals surface area (Å²) in [6.45, 7) is 6.66. The van der Waals surface area contributed by atoms with Crippen LogP contribution in [0.25, 0.3) is 0 Å². The van der Waals surface area contributed by atoms with Gasteiger partial charge in [0, 0.05) is 19.3 Å². The third kappa shape index (κ3) is 68.8. The Morgan fingerprint density at radius 2 is 0.407 bits per heavy atom. The molecule has 1 atom stereocenters. The molecule has 0 aliphatic heterocycles. The van der Waals surface area contributed by atoms with Crippen LogP contribution in [0.1, 0.15) is 432 Å². The Balaban J connectivity index is 3.89. The number of esters is 3. The Hall–Kier alpha value is -1.85. The minimum absolute atomic E-state index is 0.0645. The molecule has 0 spiro atoms. The Morgan fingerprint density at radius 3 is 0.617 bits per heavy atom. The van der Waals surface area contributed by atoms with Gasteiger partial charge in [0.05, 0.1) is 0 Å². The quantitative estimate of drug-likeness (QED) is 0.0261. The van der Waals surface area contributed by atoms with Crippen molar-refractivity contribution >= 4 is 17.9 Å². The SMILES string of the molecule is CCCCCCCCCC/C=C\CCCCCCCCCCCCCC(=O)OC(COC(=O)CCCCCCCC)COC(=O)CCCCCCCCCCCCCCCCCCCCCCCCCCCCCCCCCCCC. The van der Waals surface area contributed by atoms with Crippen LogP contribution in [0.5, 0.6) is 0 Å². The van der Waals surface area contributed by atoms with E-state index in [1.54, 1.807) is 0 Å². The van der Waals surface area contributed by atoms with Crippen molar-refractivity contribution in [2.75, 3.05) is 13.2 Å². The molecule has 0 amide bonds. The van der Waals surface area contributed by atoms with E-state index in [0.717, 1.165) is 57.8 Å². The highest BCUT2D eigenvalue weighted by Crippen LogP contribution is 2.20. The molecule has 0 aromatic heterocycles. The minimum atomic E-state index is -0.765. The topological polar surface area (TPSA) is 78.9 Å². The summed E-state index contributed by atoms with van der Waals surface area (Å²) in [7, 11) is 0. The van der Waals surface area contributed by atoms with Crippen LogP contribution in [0.3, 0.4) is 0 Å². The van der Waals surface area contributed by atoms with E-state index >= 15 is 0 Å². The lowest BCUT2D eigenvalue weighted by Crippen LogP contribution is -2.30. The highest BCUT2D eigenvalue weighted by molar-refractivity contribution is 5.71.